The molecule has 0 bridgehead atoms. The second kappa shape index (κ2) is 5.14. The lowest BCUT2D eigenvalue weighted by atomic mass is 10.0. The van der Waals surface area contributed by atoms with Gasteiger partial charge in [-0.05, 0) is 39.0 Å². The van der Waals surface area contributed by atoms with Crippen molar-refractivity contribution in [2.45, 2.75) is 26.3 Å². The molecule has 0 spiro atoms. The molecule has 4 aromatic rings. The van der Waals surface area contributed by atoms with Crippen LogP contribution < -0.4 is 4.90 Å². The van der Waals surface area contributed by atoms with E-state index in [1.165, 1.54) is 27.1 Å². The molecule has 2 aromatic carbocycles. The van der Waals surface area contributed by atoms with Crippen LogP contribution in [0.2, 0.25) is 0 Å². The molecule has 0 saturated carbocycles. The van der Waals surface area contributed by atoms with Gasteiger partial charge in [-0.25, -0.2) is 0 Å². The molecule has 0 unspecified atom stereocenters. The maximum atomic E-state index is 2.46. The lowest BCUT2D eigenvalue weighted by Crippen LogP contribution is -2.37. The summed E-state index contributed by atoms with van der Waals surface area (Å²) in [5, 5.41) is 3.47. The fraction of sp³-hybridized carbons (Fsp3) is 0.200. The van der Waals surface area contributed by atoms with Crippen molar-refractivity contribution in [2.75, 3.05) is 4.90 Å². The van der Waals surface area contributed by atoms with Crippen molar-refractivity contribution in [1.82, 2.24) is 4.40 Å². The maximum Gasteiger partial charge on any atom is 0.124 e. The maximum absolute atomic E-state index is 2.46. The first-order chi connectivity index (χ1) is 11.1. The average Bonchev–Trinajstić information content (AvgIpc) is 3.10. The Balaban J connectivity index is 2.09. The Hall–Kier alpha value is -2.26. The zero-order valence-corrected chi connectivity index (χ0v) is 14.5. The molecule has 0 amide bonds. The number of para-hydroxylation sites is 2. The van der Waals surface area contributed by atoms with E-state index >= 15 is 0 Å². The molecule has 4 rings (SSSR count). The summed E-state index contributed by atoms with van der Waals surface area (Å²) in [7, 11) is 0. The van der Waals surface area contributed by atoms with Crippen LogP contribution in [0.25, 0.3) is 15.7 Å². The first-order valence-corrected chi connectivity index (χ1v) is 8.77. The van der Waals surface area contributed by atoms with E-state index in [0.29, 0.717) is 0 Å². The molecule has 0 saturated heterocycles. The highest BCUT2D eigenvalue weighted by molar-refractivity contribution is 7.16. The SMILES string of the molecule is CC(C)(C)N(c1ccccc1)c1c2ccccc2n2ccsc12. The van der Waals surface area contributed by atoms with Crippen LogP contribution >= 0.6 is 11.3 Å². The molecule has 0 aliphatic rings. The molecule has 0 atom stereocenters. The Labute approximate surface area is 140 Å². The second-order valence-corrected chi connectivity index (χ2v) is 7.68. The monoisotopic (exact) mass is 320 g/mol. The Bertz CT molecular complexity index is 958. The molecule has 0 aliphatic heterocycles. The summed E-state index contributed by atoms with van der Waals surface area (Å²) in [6, 6.07) is 19.3. The van der Waals surface area contributed by atoms with E-state index in [4.69, 9.17) is 0 Å². The fourth-order valence-corrected chi connectivity index (χ4v) is 4.18. The summed E-state index contributed by atoms with van der Waals surface area (Å²) in [6.07, 6.45) is 2.16. The largest absolute Gasteiger partial charge is 0.333 e. The zero-order valence-electron chi connectivity index (χ0n) is 13.7. The van der Waals surface area contributed by atoms with Crippen LogP contribution in [0.1, 0.15) is 20.8 Å². The van der Waals surface area contributed by atoms with E-state index in [1.54, 1.807) is 11.3 Å². The molecule has 0 aliphatic carbocycles. The Kier molecular flexibility index (Phi) is 3.20. The Morgan fingerprint density at radius 1 is 0.913 bits per heavy atom. The highest BCUT2D eigenvalue weighted by atomic mass is 32.1. The lowest BCUT2D eigenvalue weighted by molar-refractivity contribution is 0.563. The standard InChI is InChI=1S/C20H20N2S/c1-20(2,3)22(15-9-5-4-6-10-15)18-16-11-7-8-12-17(16)21-13-14-23-19(18)21/h4-14H,1-3H3. The van der Waals surface area contributed by atoms with Gasteiger partial charge in [0.1, 0.15) is 4.83 Å². The van der Waals surface area contributed by atoms with Crippen molar-refractivity contribution in [2.24, 2.45) is 0 Å². The van der Waals surface area contributed by atoms with Crippen LogP contribution in [-0.4, -0.2) is 9.94 Å². The third-order valence-electron chi connectivity index (χ3n) is 4.14. The molecule has 2 heterocycles. The van der Waals surface area contributed by atoms with Crippen LogP contribution in [0, 0.1) is 0 Å². The molecule has 0 fully saturated rings. The molecule has 116 valence electrons. The number of rotatable bonds is 2. The van der Waals surface area contributed by atoms with Crippen molar-refractivity contribution in [1.29, 1.82) is 0 Å². The van der Waals surface area contributed by atoms with E-state index in [1.807, 2.05) is 0 Å². The average molecular weight is 320 g/mol. The first kappa shape index (κ1) is 14.3. The number of benzene rings is 2. The van der Waals surface area contributed by atoms with Crippen molar-refractivity contribution in [3.63, 3.8) is 0 Å². The molecule has 0 radical (unpaired) electrons. The predicted octanol–water partition coefficient (Wildman–Crippen LogP) is 6.09. The van der Waals surface area contributed by atoms with Crippen LogP contribution in [0.5, 0.6) is 0 Å². The van der Waals surface area contributed by atoms with Gasteiger partial charge >= 0.3 is 0 Å². The van der Waals surface area contributed by atoms with Gasteiger partial charge in [-0.1, -0.05) is 36.4 Å². The van der Waals surface area contributed by atoms with E-state index in [9.17, 15) is 0 Å². The van der Waals surface area contributed by atoms with E-state index in [2.05, 4.69) is 96.2 Å². The number of nitrogens with zero attached hydrogens (tertiary/aromatic N) is 2. The number of hydrogen-bond acceptors (Lipinski definition) is 2. The molecule has 2 aromatic heterocycles. The van der Waals surface area contributed by atoms with Gasteiger partial charge in [0.2, 0.25) is 0 Å². The number of hydrogen-bond donors (Lipinski definition) is 0. The van der Waals surface area contributed by atoms with Gasteiger partial charge < -0.3 is 9.30 Å². The third-order valence-corrected chi connectivity index (χ3v) is 5.01. The summed E-state index contributed by atoms with van der Waals surface area (Å²) in [6.45, 7) is 6.81. The summed E-state index contributed by atoms with van der Waals surface area (Å²) in [5.74, 6) is 0. The quantitative estimate of drug-likeness (QED) is 0.433. The van der Waals surface area contributed by atoms with Crippen molar-refractivity contribution in [3.05, 3.63) is 66.2 Å². The van der Waals surface area contributed by atoms with Gasteiger partial charge in [0, 0.05) is 28.2 Å². The summed E-state index contributed by atoms with van der Waals surface area (Å²) >= 11 is 1.80. The molecular formula is C20H20N2S. The third kappa shape index (κ3) is 2.23. The Morgan fingerprint density at radius 2 is 1.61 bits per heavy atom. The van der Waals surface area contributed by atoms with Crippen molar-refractivity contribution >= 4 is 38.4 Å². The first-order valence-electron chi connectivity index (χ1n) is 7.89. The minimum Gasteiger partial charge on any atom is -0.333 e. The van der Waals surface area contributed by atoms with Gasteiger partial charge in [0.15, 0.2) is 0 Å². The number of anilines is 2. The van der Waals surface area contributed by atoms with Gasteiger partial charge in [0.25, 0.3) is 0 Å². The summed E-state index contributed by atoms with van der Waals surface area (Å²) in [4.78, 5) is 3.76. The Morgan fingerprint density at radius 3 is 2.35 bits per heavy atom. The van der Waals surface area contributed by atoms with Crippen LogP contribution in [0.15, 0.2) is 66.2 Å². The molecule has 2 nitrogen and oxygen atoms in total. The molecule has 0 N–H and O–H groups in total. The highest BCUT2D eigenvalue weighted by Crippen LogP contribution is 2.43. The second-order valence-electron chi connectivity index (χ2n) is 6.79. The van der Waals surface area contributed by atoms with Gasteiger partial charge in [-0.3, -0.25) is 0 Å². The smallest absolute Gasteiger partial charge is 0.124 e. The summed E-state index contributed by atoms with van der Waals surface area (Å²) in [5.41, 5.74) is 3.78. The predicted molar refractivity (Wildman–Crippen MR) is 101 cm³/mol. The molecular weight excluding hydrogens is 300 g/mol. The van der Waals surface area contributed by atoms with Crippen molar-refractivity contribution < 1.29 is 0 Å². The van der Waals surface area contributed by atoms with Gasteiger partial charge in [-0.2, -0.15) is 0 Å². The minimum absolute atomic E-state index is 0.0179. The zero-order chi connectivity index (χ0) is 16.0. The number of fused-ring (bicyclic) bond motifs is 3. The van der Waals surface area contributed by atoms with Crippen LogP contribution in [-0.2, 0) is 0 Å². The van der Waals surface area contributed by atoms with E-state index < -0.39 is 0 Å². The topological polar surface area (TPSA) is 7.65 Å². The lowest BCUT2D eigenvalue weighted by Gasteiger charge is -2.37. The van der Waals surface area contributed by atoms with E-state index in [0.717, 1.165) is 0 Å². The molecule has 3 heteroatoms. The van der Waals surface area contributed by atoms with E-state index in [-0.39, 0.29) is 5.54 Å². The number of thiazole rings is 1. The fourth-order valence-electron chi connectivity index (χ4n) is 3.28. The molecule has 23 heavy (non-hydrogen) atoms. The normalized spacial score (nSPS) is 12.1. The van der Waals surface area contributed by atoms with Gasteiger partial charge in [0.05, 0.1) is 11.2 Å². The summed E-state index contributed by atoms with van der Waals surface area (Å²) < 4.78 is 2.30. The van der Waals surface area contributed by atoms with Crippen molar-refractivity contribution in [3.8, 4) is 0 Å². The van der Waals surface area contributed by atoms with Gasteiger partial charge in [-0.15, -0.1) is 11.3 Å². The van der Waals surface area contributed by atoms with Crippen LogP contribution in [0.4, 0.5) is 11.4 Å². The highest BCUT2D eigenvalue weighted by Gasteiger charge is 2.28. The van der Waals surface area contributed by atoms with Crippen LogP contribution in [0.3, 0.4) is 0 Å². The number of aromatic nitrogens is 1. The minimum atomic E-state index is -0.0179.